The zero-order valence-electron chi connectivity index (χ0n) is 16.4. The summed E-state index contributed by atoms with van der Waals surface area (Å²) in [7, 11) is 0. The third-order valence-corrected chi connectivity index (χ3v) is 7.52. The SMILES string of the molecule is Cc1nc(N2CCC(C(O)c3ccccc3)CC2)c2c3c(sc2n1)CCCC3. The predicted octanol–water partition coefficient (Wildman–Crippen LogP) is 4.83. The number of piperidine rings is 1. The number of nitrogens with zero attached hydrogens (tertiary/aromatic N) is 3. The summed E-state index contributed by atoms with van der Waals surface area (Å²) in [5, 5.41) is 12.1. The summed E-state index contributed by atoms with van der Waals surface area (Å²) in [6, 6.07) is 10.1. The number of aromatic nitrogens is 2. The van der Waals surface area contributed by atoms with Crippen LogP contribution in [0.25, 0.3) is 10.2 Å². The van der Waals surface area contributed by atoms with E-state index in [2.05, 4.69) is 4.90 Å². The van der Waals surface area contributed by atoms with Gasteiger partial charge in [0.15, 0.2) is 0 Å². The van der Waals surface area contributed by atoms with E-state index in [4.69, 9.17) is 9.97 Å². The molecule has 4 nitrogen and oxygen atoms in total. The van der Waals surface area contributed by atoms with Crippen LogP contribution in [0.2, 0.25) is 0 Å². The number of rotatable bonds is 3. The van der Waals surface area contributed by atoms with Crippen molar-refractivity contribution >= 4 is 27.4 Å². The van der Waals surface area contributed by atoms with Gasteiger partial charge in [0.2, 0.25) is 0 Å². The summed E-state index contributed by atoms with van der Waals surface area (Å²) in [6.07, 6.45) is 6.55. The van der Waals surface area contributed by atoms with Crippen LogP contribution in [-0.4, -0.2) is 28.2 Å². The molecule has 1 unspecified atom stereocenters. The van der Waals surface area contributed by atoms with E-state index in [-0.39, 0.29) is 6.10 Å². The highest BCUT2D eigenvalue weighted by atomic mass is 32.1. The van der Waals surface area contributed by atoms with Crippen molar-refractivity contribution in [3.63, 3.8) is 0 Å². The fourth-order valence-electron chi connectivity index (χ4n) is 4.82. The van der Waals surface area contributed by atoms with Gasteiger partial charge in [0.05, 0.1) is 11.5 Å². The molecule has 3 heterocycles. The second-order valence-electron chi connectivity index (χ2n) is 8.17. The van der Waals surface area contributed by atoms with E-state index in [1.165, 1.54) is 39.9 Å². The van der Waals surface area contributed by atoms with Gasteiger partial charge in [-0.3, -0.25) is 0 Å². The first-order valence-electron chi connectivity index (χ1n) is 10.5. The normalized spacial score (nSPS) is 19.0. The summed E-state index contributed by atoms with van der Waals surface area (Å²) < 4.78 is 0. The molecule has 1 aliphatic carbocycles. The van der Waals surface area contributed by atoms with Crippen molar-refractivity contribution in [1.29, 1.82) is 0 Å². The van der Waals surface area contributed by atoms with Crippen molar-refractivity contribution in [2.45, 2.75) is 51.6 Å². The number of hydrogen-bond acceptors (Lipinski definition) is 5. The Bertz CT molecular complexity index is 976. The lowest BCUT2D eigenvalue weighted by Gasteiger charge is -2.35. The molecule has 3 aromatic rings. The number of benzene rings is 1. The van der Waals surface area contributed by atoms with Crippen LogP contribution in [0.15, 0.2) is 30.3 Å². The van der Waals surface area contributed by atoms with Crippen LogP contribution in [0.5, 0.6) is 0 Å². The minimum Gasteiger partial charge on any atom is -0.388 e. The summed E-state index contributed by atoms with van der Waals surface area (Å²) >= 11 is 1.88. The highest BCUT2D eigenvalue weighted by molar-refractivity contribution is 7.19. The third kappa shape index (κ3) is 3.20. The Labute approximate surface area is 170 Å². The minimum absolute atomic E-state index is 0.313. The van der Waals surface area contributed by atoms with Gasteiger partial charge in [-0.2, -0.15) is 0 Å². The summed E-state index contributed by atoms with van der Waals surface area (Å²) in [5.41, 5.74) is 2.54. The fraction of sp³-hybridized carbons (Fsp3) is 0.478. The second-order valence-corrected chi connectivity index (χ2v) is 9.25. The fourth-order valence-corrected chi connectivity index (χ4v) is 6.12. The first-order chi connectivity index (χ1) is 13.7. The molecule has 1 N–H and O–H groups in total. The lowest BCUT2D eigenvalue weighted by Crippen LogP contribution is -2.36. The molecule has 0 spiro atoms. The lowest BCUT2D eigenvalue weighted by atomic mass is 9.87. The maximum Gasteiger partial charge on any atom is 0.141 e. The average Bonchev–Trinajstić information content (AvgIpc) is 3.11. The van der Waals surface area contributed by atoms with Crippen molar-refractivity contribution in [3.05, 3.63) is 52.2 Å². The highest BCUT2D eigenvalue weighted by Crippen LogP contribution is 2.41. The van der Waals surface area contributed by atoms with E-state index in [0.29, 0.717) is 5.92 Å². The summed E-state index contributed by atoms with van der Waals surface area (Å²) in [5.74, 6) is 2.32. The van der Waals surface area contributed by atoms with Crippen LogP contribution in [0.3, 0.4) is 0 Å². The third-order valence-electron chi connectivity index (χ3n) is 6.33. The van der Waals surface area contributed by atoms with E-state index < -0.39 is 0 Å². The maximum atomic E-state index is 10.8. The van der Waals surface area contributed by atoms with Crippen molar-refractivity contribution in [2.24, 2.45) is 5.92 Å². The zero-order valence-corrected chi connectivity index (χ0v) is 17.2. The smallest absolute Gasteiger partial charge is 0.141 e. The maximum absolute atomic E-state index is 10.8. The molecule has 1 saturated heterocycles. The van der Waals surface area contributed by atoms with Crippen molar-refractivity contribution in [1.82, 2.24) is 9.97 Å². The Morgan fingerprint density at radius 3 is 2.61 bits per heavy atom. The van der Waals surface area contributed by atoms with Crippen molar-refractivity contribution in [2.75, 3.05) is 18.0 Å². The molecule has 5 rings (SSSR count). The number of thiophene rings is 1. The number of aliphatic hydroxyl groups excluding tert-OH is 1. The van der Waals surface area contributed by atoms with Gasteiger partial charge in [0, 0.05) is 18.0 Å². The monoisotopic (exact) mass is 393 g/mol. The Kier molecular flexibility index (Phi) is 4.81. The first kappa shape index (κ1) is 18.1. The molecule has 1 aromatic carbocycles. The molecule has 0 radical (unpaired) electrons. The Morgan fingerprint density at radius 2 is 1.82 bits per heavy atom. The molecule has 5 heteroatoms. The van der Waals surface area contributed by atoms with Crippen LogP contribution >= 0.6 is 11.3 Å². The van der Waals surface area contributed by atoms with Gasteiger partial charge < -0.3 is 10.0 Å². The van der Waals surface area contributed by atoms with E-state index >= 15 is 0 Å². The Hall–Kier alpha value is -1.98. The number of aryl methyl sites for hydroxylation is 3. The Morgan fingerprint density at radius 1 is 1.07 bits per heavy atom. The van der Waals surface area contributed by atoms with E-state index in [0.717, 1.165) is 49.6 Å². The van der Waals surface area contributed by atoms with E-state index in [1.807, 2.05) is 48.6 Å². The van der Waals surface area contributed by atoms with Crippen LogP contribution in [0, 0.1) is 12.8 Å². The molecule has 146 valence electrons. The number of fused-ring (bicyclic) bond motifs is 3. The standard InChI is InChI=1S/C23H27N3OS/c1-15-24-22(20-18-9-5-6-10-19(18)28-23(20)25-15)26-13-11-17(12-14-26)21(27)16-7-3-2-4-8-16/h2-4,7-8,17,21,27H,5-6,9-14H2,1H3. The summed E-state index contributed by atoms with van der Waals surface area (Å²) in [6.45, 7) is 3.91. The van der Waals surface area contributed by atoms with Gasteiger partial charge in [-0.15, -0.1) is 11.3 Å². The van der Waals surface area contributed by atoms with Gasteiger partial charge in [-0.25, -0.2) is 9.97 Å². The van der Waals surface area contributed by atoms with Gasteiger partial charge in [-0.05, 0) is 62.5 Å². The molecule has 28 heavy (non-hydrogen) atoms. The number of hydrogen-bond donors (Lipinski definition) is 1. The highest BCUT2D eigenvalue weighted by Gasteiger charge is 2.29. The molecule has 0 bridgehead atoms. The topological polar surface area (TPSA) is 49.2 Å². The molecule has 2 aliphatic rings. The van der Waals surface area contributed by atoms with Gasteiger partial charge in [0.1, 0.15) is 16.5 Å². The van der Waals surface area contributed by atoms with Crippen LogP contribution in [-0.2, 0) is 12.8 Å². The molecule has 1 atom stereocenters. The van der Waals surface area contributed by atoms with Gasteiger partial charge >= 0.3 is 0 Å². The summed E-state index contributed by atoms with van der Waals surface area (Å²) in [4.78, 5) is 14.8. The molecule has 2 aromatic heterocycles. The predicted molar refractivity (Wildman–Crippen MR) is 115 cm³/mol. The molecule has 1 aliphatic heterocycles. The van der Waals surface area contributed by atoms with Gasteiger partial charge in [-0.1, -0.05) is 30.3 Å². The van der Waals surface area contributed by atoms with Crippen molar-refractivity contribution < 1.29 is 5.11 Å². The molecule has 0 saturated carbocycles. The number of anilines is 1. The number of aliphatic hydroxyl groups is 1. The van der Waals surface area contributed by atoms with Gasteiger partial charge in [0.25, 0.3) is 0 Å². The molecule has 0 amide bonds. The first-order valence-corrected chi connectivity index (χ1v) is 11.3. The minimum atomic E-state index is -0.371. The Balaban J connectivity index is 1.41. The molecule has 1 fully saturated rings. The molecular weight excluding hydrogens is 366 g/mol. The van der Waals surface area contributed by atoms with Crippen molar-refractivity contribution in [3.8, 4) is 0 Å². The van der Waals surface area contributed by atoms with Crippen LogP contribution < -0.4 is 4.90 Å². The zero-order chi connectivity index (χ0) is 19.1. The average molecular weight is 394 g/mol. The largest absolute Gasteiger partial charge is 0.388 e. The quantitative estimate of drug-likeness (QED) is 0.692. The van der Waals surface area contributed by atoms with Crippen LogP contribution in [0.1, 0.15) is 53.6 Å². The second kappa shape index (κ2) is 7.45. The van der Waals surface area contributed by atoms with E-state index in [9.17, 15) is 5.11 Å². The van der Waals surface area contributed by atoms with Crippen LogP contribution in [0.4, 0.5) is 5.82 Å². The lowest BCUT2D eigenvalue weighted by molar-refractivity contribution is 0.0929. The molecular formula is C23H27N3OS. The van der Waals surface area contributed by atoms with E-state index in [1.54, 1.807) is 0 Å².